The van der Waals surface area contributed by atoms with Gasteiger partial charge in [0, 0.05) is 28.7 Å². The highest BCUT2D eigenvalue weighted by Gasteiger charge is 2.17. The lowest BCUT2D eigenvalue weighted by Gasteiger charge is -2.07. The number of hydrogen-bond donors (Lipinski definition) is 0. The molecule has 0 atom stereocenters. The number of fused-ring (bicyclic) bond motifs is 1. The van der Waals surface area contributed by atoms with Gasteiger partial charge in [-0.05, 0) is 49.8 Å². The molecule has 5 nitrogen and oxygen atoms in total. The predicted octanol–water partition coefficient (Wildman–Crippen LogP) is 4.92. The average molecular weight is 431 g/mol. The van der Waals surface area contributed by atoms with Crippen molar-refractivity contribution in [1.29, 1.82) is 0 Å². The quantitative estimate of drug-likeness (QED) is 0.175. The van der Waals surface area contributed by atoms with Crippen molar-refractivity contribution in [1.82, 2.24) is 4.57 Å². The first-order valence-corrected chi connectivity index (χ1v) is 9.99. The molecule has 7 heteroatoms. The fourth-order valence-electron chi connectivity index (χ4n) is 2.88. The zero-order chi connectivity index (χ0) is 20.8. The van der Waals surface area contributed by atoms with E-state index in [2.05, 4.69) is 5.16 Å². The second-order valence-electron chi connectivity index (χ2n) is 6.78. The van der Waals surface area contributed by atoms with Crippen molar-refractivity contribution in [3.63, 3.8) is 0 Å². The van der Waals surface area contributed by atoms with E-state index in [1.165, 1.54) is 5.57 Å². The number of aryl methyl sites for hydroxylation is 1. The van der Waals surface area contributed by atoms with Gasteiger partial charge in [0.2, 0.25) is 0 Å². The van der Waals surface area contributed by atoms with Crippen molar-refractivity contribution in [2.45, 2.75) is 26.8 Å². The van der Waals surface area contributed by atoms with Crippen molar-refractivity contribution in [2.24, 2.45) is 5.16 Å². The van der Waals surface area contributed by atoms with Gasteiger partial charge >= 0.3 is 5.56 Å². The number of allylic oxidation sites excluding steroid dienone is 1. The number of halogens is 2. The van der Waals surface area contributed by atoms with Crippen LogP contribution in [0.15, 0.2) is 70.4 Å². The van der Waals surface area contributed by atoms with Gasteiger partial charge in [-0.3, -0.25) is 0 Å². The van der Waals surface area contributed by atoms with E-state index >= 15 is 0 Å². The Morgan fingerprint density at radius 2 is 1.97 bits per heavy atom. The molecule has 0 fully saturated rings. The van der Waals surface area contributed by atoms with Gasteiger partial charge < -0.3 is 4.84 Å². The molecule has 0 aliphatic carbocycles. The first-order chi connectivity index (χ1) is 14.0. The van der Waals surface area contributed by atoms with Crippen LogP contribution in [0.5, 0.6) is 0 Å². The zero-order valence-corrected chi connectivity index (χ0v) is 17.8. The summed E-state index contributed by atoms with van der Waals surface area (Å²) in [6.45, 7) is 5.10. The standard InChI is InChI=1S/C22H22Cl2N3O2/c1-16(2)7-11-29-25-8-5-9-26-15-20(17-12-18(23)14-19(24)13-17)22(28)27-10-4-3-6-21(26)27/h3-4,6-8,10,12-15H,5,9,11H2,1-2H3/q+1/b25-8-. The van der Waals surface area contributed by atoms with Crippen LogP contribution in [0.1, 0.15) is 20.3 Å². The first-order valence-electron chi connectivity index (χ1n) is 9.23. The van der Waals surface area contributed by atoms with Crippen LogP contribution in [0.3, 0.4) is 0 Å². The topological polar surface area (TPSA) is 47.7 Å². The molecule has 2 heterocycles. The molecule has 0 aliphatic heterocycles. The number of pyridine rings is 1. The molecule has 3 rings (SSSR count). The summed E-state index contributed by atoms with van der Waals surface area (Å²) in [5, 5.41) is 4.94. The third-order valence-corrected chi connectivity index (χ3v) is 4.69. The Bertz CT molecular complexity index is 1110. The fourth-order valence-corrected chi connectivity index (χ4v) is 3.41. The Hall–Kier alpha value is -2.63. The second-order valence-corrected chi connectivity index (χ2v) is 7.66. The van der Waals surface area contributed by atoms with Crippen molar-refractivity contribution in [3.8, 4) is 11.1 Å². The van der Waals surface area contributed by atoms with E-state index in [1.807, 2.05) is 48.9 Å². The minimum Gasteiger partial charge on any atom is -0.392 e. The summed E-state index contributed by atoms with van der Waals surface area (Å²) in [6.07, 6.45) is 7.92. The number of oxime groups is 1. The predicted molar refractivity (Wildman–Crippen MR) is 118 cm³/mol. The molecule has 0 amide bonds. The summed E-state index contributed by atoms with van der Waals surface area (Å²) < 4.78 is 3.63. The summed E-state index contributed by atoms with van der Waals surface area (Å²) in [5.74, 6) is 0. The molecule has 1 aromatic carbocycles. The highest BCUT2D eigenvalue weighted by atomic mass is 35.5. The van der Waals surface area contributed by atoms with E-state index in [0.29, 0.717) is 40.7 Å². The van der Waals surface area contributed by atoms with Crippen LogP contribution in [-0.2, 0) is 11.4 Å². The second kappa shape index (κ2) is 9.72. The molecule has 0 bridgehead atoms. The van der Waals surface area contributed by atoms with E-state index in [-0.39, 0.29) is 5.56 Å². The molecule has 29 heavy (non-hydrogen) atoms. The lowest BCUT2D eigenvalue weighted by Crippen LogP contribution is -2.43. The Balaban J connectivity index is 1.91. The van der Waals surface area contributed by atoms with Gasteiger partial charge in [0.1, 0.15) is 18.4 Å². The minimum absolute atomic E-state index is 0.131. The lowest BCUT2D eigenvalue weighted by molar-refractivity contribution is -0.531. The van der Waals surface area contributed by atoms with Crippen LogP contribution in [0.4, 0.5) is 0 Å². The Morgan fingerprint density at radius 1 is 1.21 bits per heavy atom. The monoisotopic (exact) mass is 430 g/mol. The number of benzene rings is 1. The summed E-state index contributed by atoms with van der Waals surface area (Å²) in [4.78, 5) is 18.2. The molecule has 0 N–H and O–H groups in total. The zero-order valence-electron chi connectivity index (χ0n) is 16.3. The van der Waals surface area contributed by atoms with Crippen LogP contribution in [-0.4, -0.2) is 17.4 Å². The third-order valence-electron chi connectivity index (χ3n) is 4.25. The van der Waals surface area contributed by atoms with Crippen LogP contribution in [0.25, 0.3) is 16.8 Å². The molecule has 150 valence electrons. The molecular formula is C22H22Cl2N3O2+. The number of nitrogens with zero attached hydrogens (tertiary/aromatic N) is 3. The van der Waals surface area contributed by atoms with Crippen molar-refractivity contribution < 1.29 is 9.24 Å². The molecule has 0 saturated carbocycles. The molecule has 0 unspecified atom stereocenters. The summed E-state index contributed by atoms with van der Waals surface area (Å²) >= 11 is 12.3. The van der Waals surface area contributed by atoms with E-state index in [9.17, 15) is 4.79 Å². The molecular weight excluding hydrogens is 409 g/mol. The number of rotatable bonds is 7. The average Bonchev–Trinajstić information content (AvgIpc) is 2.68. The summed E-state index contributed by atoms with van der Waals surface area (Å²) in [6, 6.07) is 10.7. The van der Waals surface area contributed by atoms with Gasteiger partial charge in [0.15, 0.2) is 0 Å². The number of aromatic nitrogens is 2. The maximum Gasteiger partial charge on any atom is 0.350 e. The highest BCUT2D eigenvalue weighted by Crippen LogP contribution is 2.25. The van der Waals surface area contributed by atoms with Crippen molar-refractivity contribution in [3.05, 3.63) is 80.8 Å². The largest absolute Gasteiger partial charge is 0.392 e. The van der Waals surface area contributed by atoms with E-state index in [0.717, 1.165) is 5.65 Å². The maximum atomic E-state index is 13.0. The molecule has 3 aromatic rings. The van der Waals surface area contributed by atoms with E-state index in [4.69, 9.17) is 28.0 Å². The van der Waals surface area contributed by atoms with Crippen molar-refractivity contribution in [2.75, 3.05) is 6.61 Å². The fraction of sp³-hybridized carbons (Fsp3) is 0.227. The normalized spacial score (nSPS) is 11.2. The van der Waals surface area contributed by atoms with Gasteiger partial charge in [-0.15, -0.1) is 0 Å². The van der Waals surface area contributed by atoms with Gasteiger partial charge in [0.25, 0.3) is 5.65 Å². The van der Waals surface area contributed by atoms with Crippen molar-refractivity contribution >= 4 is 35.1 Å². The molecule has 2 aromatic heterocycles. The molecule has 0 saturated heterocycles. The maximum absolute atomic E-state index is 13.0. The minimum atomic E-state index is -0.131. The van der Waals surface area contributed by atoms with Crippen LogP contribution < -0.4 is 9.96 Å². The molecule has 0 aliphatic rings. The number of hydrogen-bond acceptors (Lipinski definition) is 3. The van der Waals surface area contributed by atoms with E-state index in [1.54, 1.807) is 35.0 Å². The highest BCUT2D eigenvalue weighted by molar-refractivity contribution is 6.35. The van der Waals surface area contributed by atoms with Gasteiger partial charge in [0.05, 0.1) is 12.7 Å². The van der Waals surface area contributed by atoms with Gasteiger partial charge in [-0.2, -0.15) is 4.40 Å². The Kier molecular flexibility index (Phi) is 7.07. The first kappa shape index (κ1) is 21.1. The molecule has 0 radical (unpaired) electrons. The third kappa shape index (κ3) is 5.46. The van der Waals surface area contributed by atoms with Gasteiger partial charge in [-0.1, -0.05) is 40.0 Å². The van der Waals surface area contributed by atoms with Gasteiger partial charge in [-0.25, -0.2) is 9.36 Å². The lowest BCUT2D eigenvalue weighted by atomic mass is 10.1. The SMILES string of the molecule is CC(C)=CCO/N=C\CCn1cc(-c2cc(Cl)cc(Cl)c2)c(=O)[n+]2ccccc12. The van der Waals surface area contributed by atoms with Crippen LogP contribution in [0, 0.1) is 0 Å². The Labute approximate surface area is 179 Å². The van der Waals surface area contributed by atoms with Crippen LogP contribution >= 0.6 is 23.2 Å². The smallest absolute Gasteiger partial charge is 0.350 e. The Morgan fingerprint density at radius 3 is 2.69 bits per heavy atom. The van der Waals surface area contributed by atoms with Crippen LogP contribution in [0.2, 0.25) is 10.0 Å². The molecule has 0 spiro atoms. The summed E-state index contributed by atoms with van der Waals surface area (Å²) in [5.41, 5.74) is 3.04. The van der Waals surface area contributed by atoms with E-state index < -0.39 is 0 Å². The summed E-state index contributed by atoms with van der Waals surface area (Å²) in [7, 11) is 0.